The molecule has 0 saturated carbocycles. The zero-order valence-electron chi connectivity index (χ0n) is 8.66. The van der Waals surface area contributed by atoms with Crippen molar-refractivity contribution < 1.29 is 4.39 Å². The van der Waals surface area contributed by atoms with Gasteiger partial charge in [0.05, 0.1) is 4.70 Å². The average Bonchev–Trinajstić information content (AvgIpc) is 2.88. The summed E-state index contributed by atoms with van der Waals surface area (Å²) in [6, 6.07) is 5.48. The molecule has 5 heteroatoms. The second kappa shape index (κ2) is 3.99. The van der Waals surface area contributed by atoms with Gasteiger partial charge >= 0.3 is 0 Å². The van der Waals surface area contributed by atoms with Crippen LogP contribution in [0, 0.1) is 5.82 Å². The minimum absolute atomic E-state index is 0.244. The minimum atomic E-state index is -0.244. The van der Waals surface area contributed by atoms with E-state index in [0.29, 0.717) is 11.6 Å². The van der Waals surface area contributed by atoms with Crippen molar-refractivity contribution in [2.75, 3.05) is 18.4 Å². The van der Waals surface area contributed by atoms with Crippen molar-refractivity contribution in [3.05, 3.63) is 24.0 Å². The fraction of sp³-hybridized carbons (Fsp3) is 0.364. The quantitative estimate of drug-likeness (QED) is 0.841. The average molecular weight is 237 g/mol. The summed E-state index contributed by atoms with van der Waals surface area (Å²) < 4.78 is 14.3. The lowest BCUT2D eigenvalue weighted by Gasteiger charge is -2.08. The van der Waals surface area contributed by atoms with Crippen LogP contribution in [-0.4, -0.2) is 24.1 Å². The lowest BCUT2D eigenvalue weighted by atomic mass is 10.3. The standard InChI is InChI=1S/C11H12FN3S/c12-8-2-1-3-9-10(8)15-11(16-9)14-7-4-5-13-6-7/h1-3,7,13H,4-6H2,(H,14,15). The maximum absolute atomic E-state index is 13.4. The van der Waals surface area contributed by atoms with Crippen LogP contribution in [0.4, 0.5) is 9.52 Å². The van der Waals surface area contributed by atoms with Gasteiger partial charge in [0.1, 0.15) is 11.3 Å². The number of benzene rings is 1. The number of hydrogen-bond acceptors (Lipinski definition) is 4. The molecule has 1 aliphatic heterocycles. The van der Waals surface area contributed by atoms with Crippen LogP contribution in [0.5, 0.6) is 0 Å². The van der Waals surface area contributed by atoms with Gasteiger partial charge in [-0.3, -0.25) is 0 Å². The van der Waals surface area contributed by atoms with E-state index < -0.39 is 0 Å². The van der Waals surface area contributed by atoms with Crippen LogP contribution in [0.15, 0.2) is 18.2 Å². The number of halogens is 1. The molecule has 3 nitrogen and oxygen atoms in total. The number of hydrogen-bond donors (Lipinski definition) is 2. The number of nitrogens with zero attached hydrogens (tertiary/aromatic N) is 1. The maximum Gasteiger partial charge on any atom is 0.184 e. The third kappa shape index (κ3) is 1.76. The van der Waals surface area contributed by atoms with Crippen LogP contribution >= 0.6 is 11.3 Å². The lowest BCUT2D eigenvalue weighted by molar-refractivity contribution is 0.637. The SMILES string of the molecule is Fc1cccc2sc(NC3CCNC3)nc12. The summed E-state index contributed by atoms with van der Waals surface area (Å²) in [5, 5.41) is 7.43. The highest BCUT2D eigenvalue weighted by Crippen LogP contribution is 2.28. The number of rotatable bonds is 2. The number of aromatic nitrogens is 1. The Bertz CT molecular complexity index is 505. The predicted molar refractivity (Wildman–Crippen MR) is 64.5 cm³/mol. The summed E-state index contributed by atoms with van der Waals surface area (Å²) in [6.07, 6.45) is 1.10. The molecule has 1 aromatic heterocycles. The van der Waals surface area contributed by atoms with Crippen molar-refractivity contribution in [1.29, 1.82) is 0 Å². The molecule has 1 aromatic carbocycles. The van der Waals surface area contributed by atoms with Gasteiger partial charge in [-0.25, -0.2) is 9.37 Å². The maximum atomic E-state index is 13.4. The predicted octanol–water partition coefficient (Wildman–Crippen LogP) is 2.21. The molecule has 2 N–H and O–H groups in total. The Balaban J connectivity index is 1.90. The molecule has 2 heterocycles. The zero-order valence-corrected chi connectivity index (χ0v) is 9.48. The van der Waals surface area contributed by atoms with Crippen LogP contribution in [0.25, 0.3) is 10.2 Å². The molecule has 0 spiro atoms. The molecule has 3 rings (SSSR count). The molecule has 0 radical (unpaired) electrons. The van der Waals surface area contributed by atoms with Crippen LogP contribution < -0.4 is 10.6 Å². The Morgan fingerprint density at radius 3 is 3.19 bits per heavy atom. The van der Waals surface area contributed by atoms with Crippen molar-refractivity contribution >= 4 is 26.7 Å². The fourth-order valence-corrected chi connectivity index (χ4v) is 2.89. The Morgan fingerprint density at radius 2 is 2.44 bits per heavy atom. The number of thiazole rings is 1. The third-order valence-electron chi connectivity index (χ3n) is 2.76. The van der Waals surface area contributed by atoms with Gasteiger partial charge < -0.3 is 10.6 Å². The Hall–Kier alpha value is -1.20. The van der Waals surface area contributed by atoms with Gasteiger partial charge in [0.2, 0.25) is 0 Å². The summed E-state index contributed by atoms with van der Waals surface area (Å²) in [5.74, 6) is -0.244. The second-order valence-corrected chi connectivity index (χ2v) is 4.97. The van der Waals surface area contributed by atoms with Crippen LogP contribution in [0.2, 0.25) is 0 Å². The summed E-state index contributed by atoms with van der Waals surface area (Å²) in [4.78, 5) is 4.28. The van der Waals surface area contributed by atoms with Gasteiger partial charge in [-0.05, 0) is 25.1 Å². The number of fused-ring (bicyclic) bond motifs is 1. The van der Waals surface area contributed by atoms with Gasteiger partial charge in [0, 0.05) is 12.6 Å². The first-order valence-corrected chi connectivity index (χ1v) is 6.17. The molecule has 0 bridgehead atoms. The minimum Gasteiger partial charge on any atom is -0.357 e. The van der Waals surface area contributed by atoms with E-state index >= 15 is 0 Å². The van der Waals surface area contributed by atoms with Crippen LogP contribution in [0.3, 0.4) is 0 Å². The first-order valence-electron chi connectivity index (χ1n) is 5.35. The molecule has 0 aliphatic carbocycles. The van der Waals surface area contributed by atoms with E-state index in [4.69, 9.17) is 0 Å². The molecule has 1 fully saturated rings. The van der Waals surface area contributed by atoms with E-state index in [2.05, 4.69) is 15.6 Å². The van der Waals surface area contributed by atoms with Crippen molar-refractivity contribution in [2.45, 2.75) is 12.5 Å². The molecule has 16 heavy (non-hydrogen) atoms. The van der Waals surface area contributed by atoms with Crippen molar-refractivity contribution in [3.63, 3.8) is 0 Å². The molecule has 0 amide bonds. The van der Waals surface area contributed by atoms with E-state index in [9.17, 15) is 4.39 Å². The van der Waals surface area contributed by atoms with E-state index in [-0.39, 0.29) is 5.82 Å². The number of anilines is 1. The van der Waals surface area contributed by atoms with E-state index in [1.165, 1.54) is 17.4 Å². The fourth-order valence-electron chi connectivity index (χ4n) is 1.93. The molecule has 1 atom stereocenters. The Kier molecular flexibility index (Phi) is 2.49. The molecule has 1 unspecified atom stereocenters. The van der Waals surface area contributed by atoms with Gasteiger partial charge in [-0.2, -0.15) is 0 Å². The summed E-state index contributed by atoms with van der Waals surface area (Å²) in [5.41, 5.74) is 0.473. The molecule has 2 aromatic rings. The van der Waals surface area contributed by atoms with Gasteiger partial charge in [-0.1, -0.05) is 17.4 Å². The number of nitrogens with one attached hydrogen (secondary N) is 2. The first kappa shape index (κ1) is 9.99. The Morgan fingerprint density at radius 1 is 1.50 bits per heavy atom. The molecule has 1 saturated heterocycles. The van der Waals surface area contributed by atoms with Crippen LogP contribution in [0.1, 0.15) is 6.42 Å². The largest absolute Gasteiger partial charge is 0.357 e. The third-order valence-corrected chi connectivity index (χ3v) is 3.71. The van der Waals surface area contributed by atoms with Gasteiger partial charge in [-0.15, -0.1) is 0 Å². The second-order valence-electron chi connectivity index (χ2n) is 3.94. The Labute approximate surface area is 96.7 Å². The first-order chi connectivity index (χ1) is 7.83. The molecule has 1 aliphatic rings. The van der Waals surface area contributed by atoms with Crippen molar-refractivity contribution in [1.82, 2.24) is 10.3 Å². The van der Waals surface area contributed by atoms with Crippen molar-refractivity contribution in [3.8, 4) is 0 Å². The monoisotopic (exact) mass is 237 g/mol. The topological polar surface area (TPSA) is 37.0 Å². The van der Waals surface area contributed by atoms with Gasteiger partial charge in [0.25, 0.3) is 0 Å². The van der Waals surface area contributed by atoms with E-state index in [0.717, 1.165) is 29.3 Å². The van der Waals surface area contributed by atoms with E-state index in [1.54, 1.807) is 6.07 Å². The van der Waals surface area contributed by atoms with Crippen LogP contribution in [-0.2, 0) is 0 Å². The molecular weight excluding hydrogens is 225 g/mol. The highest BCUT2D eigenvalue weighted by molar-refractivity contribution is 7.22. The number of para-hydroxylation sites is 1. The normalized spacial score (nSPS) is 20.4. The summed E-state index contributed by atoms with van der Waals surface area (Å²) in [6.45, 7) is 2.00. The highest BCUT2D eigenvalue weighted by Gasteiger charge is 2.16. The smallest absolute Gasteiger partial charge is 0.184 e. The zero-order chi connectivity index (χ0) is 11.0. The lowest BCUT2D eigenvalue weighted by Crippen LogP contribution is -2.21. The van der Waals surface area contributed by atoms with Crippen molar-refractivity contribution in [2.24, 2.45) is 0 Å². The summed E-state index contributed by atoms with van der Waals surface area (Å²) >= 11 is 1.51. The summed E-state index contributed by atoms with van der Waals surface area (Å²) in [7, 11) is 0. The van der Waals surface area contributed by atoms with E-state index in [1.807, 2.05) is 6.07 Å². The molecular formula is C11H12FN3S. The molecule has 84 valence electrons. The highest BCUT2D eigenvalue weighted by atomic mass is 32.1. The van der Waals surface area contributed by atoms with Gasteiger partial charge in [0.15, 0.2) is 5.13 Å².